The summed E-state index contributed by atoms with van der Waals surface area (Å²) in [5.41, 5.74) is 0. The van der Waals surface area contributed by atoms with Gasteiger partial charge in [0.25, 0.3) is 0 Å². The fraction of sp³-hybridized carbons (Fsp3) is 0. The highest BCUT2D eigenvalue weighted by molar-refractivity contribution is 5.34. The van der Waals surface area contributed by atoms with Crippen LogP contribution in [0.3, 0.4) is 0 Å². The minimum Gasteiger partial charge on any atom is -0.457 e. The number of benzene rings is 2. The van der Waals surface area contributed by atoms with Gasteiger partial charge in [-0.25, -0.2) is 8.78 Å². The lowest BCUT2D eigenvalue weighted by Gasteiger charge is -2.05. The van der Waals surface area contributed by atoms with Crippen molar-refractivity contribution in [3.05, 3.63) is 54.1 Å². The van der Waals surface area contributed by atoms with Crippen molar-refractivity contribution in [2.45, 2.75) is 0 Å². The van der Waals surface area contributed by atoms with Crippen LogP contribution in [0, 0.1) is 11.6 Å². The van der Waals surface area contributed by atoms with Crippen LogP contribution in [-0.2, 0) is 5.11 Å². The molecular weight excluding hydrogens is 214 g/mol. The van der Waals surface area contributed by atoms with Gasteiger partial charge in [-0.05, 0) is 36.4 Å². The van der Waals surface area contributed by atoms with Crippen molar-refractivity contribution in [1.82, 2.24) is 0 Å². The van der Waals surface area contributed by atoms with Crippen molar-refractivity contribution in [1.29, 1.82) is 0 Å². The Balaban J connectivity index is 2.20. The minimum absolute atomic E-state index is 0.141. The summed E-state index contributed by atoms with van der Waals surface area (Å²) in [6, 6.07) is 8.81. The highest BCUT2D eigenvalue weighted by atomic mass is 19.2. The van der Waals surface area contributed by atoms with Crippen LogP contribution >= 0.6 is 0 Å². The quantitative estimate of drug-likeness (QED) is 0.756. The second kappa shape index (κ2) is 4.18. The van der Waals surface area contributed by atoms with Crippen LogP contribution < -0.4 is 4.74 Å². The van der Waals surface area contributed by atoms with Crippen molar-refractivity contribution in [2.75, 3.05) is 0 Å². The maximum absolute atomic E-state index is 12.8. The SMILES string of the molecule is [O]c1ccc(Oc2ccc(F)c(F)c2)cc1. The van der Waals surface area contributed by atoms with E-state index in [1.807, 2.05) is 0 Å². The first-order valence-electron chi connectivity index (χ1n) is 4.55. The molecule has 0 atom stereocenters. The van der Waals surface area contributed by atoms with Gasteiger partial charge in [-0.2, -0.15) is 0 Å². The first kappa shape index (κ1) is 10.4. The van der Waals surface area contributed by atoms with Gasteiger partial charge in [0.15, 0.2) is 17.4 Å². The van der Waals surface area contributed by atoms with E-state index >= 15 is 0 Å². The Labute approximate surface area is 90.7 Å². The summed E-state index contributed by atoms with van der Waals surface area (Å²) < 4.78 is 30.7. The molecule has 2 aromatic carbocycles. The Hall–Kier alpha value is -2.10. The van der Waals surface area contributed by atoms with Gasteiger partial charge in [-0.15, -0.1) is 0 Å². The lowest BCUT2D eigenvalue weighted by molar-refractivity contribution is 0.354. The first-order valence-corrected chi connectivity index (χ1v) is 4.55. The van der Waals surface area contributed by atoms with Crippen molar-refractivity contribution in [2.24, 2.45) is 0 Å². The summed E-state index contributed by atoms with van der Waals surface area (Å²) in [5.74, 6) is -1.47. The number of rotatable bonds is 2. The van der Waals surface area contributed by atoms with E-state index in [0.717, 1.165) is 12.1 Å². The van der Waals surface area contributed by atoms with E-state index in [2.05, 4.69) is 0 Å². The normalized spacial score (nSPS) is 10.1. The summed E-state index contributed by atoms with van der Waals surface area (Å²) in [4.78, 5) is 0. The third-order valence-corrected chi connectivity index (χ3v) is 1.95. The van der Waals surface area contributed by atoms with Crippen molar-refractivity contribution >= 4 is 0 Å². The Bertz CT molecular complexity index is 495. The van der Waals surface area contributed by atoms with Gasteiger partial charge >= 0.3 is 0 Å². The summed E-state index contributed by atoms with van der Waals surface area (Å²) in [6.45, 7) is 0. The van der Waals surface area contributed by atoms with Crippen molar-refractivity contribution in [3.63, 3.8) is 0 Å². The van der Waals surface area contributed by atoms with Crippen LogP contribution in [-0.4, -0.2) is 0 Å². The molecule has 0 saturated heterocycles. The number of halogens is 2. The predicted molar refractivity (Wildman–Crippen MR) is 53.0 cm³/mol. The van der Waals surface area contributed by atoms with E-state index in [-0.39, 0.29) is 11.5 Å². The number of hydrogen-bond acceptors (Lipinski definition) is 1. The monoisotopic (exact) mass is 221 g/mol. The molecule has 16 heavy (non-hydrogen) atoms. The molecule has 0 N–H and O–H groups in total. The molecule has 0 aliphatic carbocycles. The Morgan fingerprint density at radius 3 is 2.06 bits per heavy atom. The van der Waals surface area contributed by atoms with E-state index in [4.69, 9.17) is 4.74 Å². The molecule has 0 aromatic heterocycles. The first-order chi connectivity index (χ1) is 7.65. The fourth-order valence-electron chi connectivity index (χ4n) is 1.18. The highest BCUT2D eigenvalue weighted by Gasteiger charge is 2.04. The van der Waals surface area contributed by atoms with E-state index < -0.39 is 11.6 Å². The maximum Gasteiger partial charge on any atom is 0.178 e. The third-order valence-electron chi connectivity index (χ3n) is 1.95. The molecule has 0 aliphatic heterocycles. The lowest BCUT2D eigenvalue weighted by atomic mass is 10.3. The molecule has 0 bridgehead atoms. The van der Waals surface area contributed by atoms with Crippen LogP contribution in [0.2, 0.25) is 0 Å². The second-order valence-electron chi connectivity index (χ2n) is 3.15. The van der Waals surface area contributed by atoms with Crippen LogP contribution in [0.5, 0.6) is 17.2 Å². The summed E-state index contributed by atoms with van der Waals surface area (Å²) in [5, 5.41) is 10.8. The van der Waals surface area contributed by atoms with Crippen molar-refractivity contribution < 1.29 is 18.6 Å². The molecule has 2 nitrogen and oxygen atoms in total. The fourth-order valence-corrected chi connectivity index (χ4v) is 1.18. The smallest absolute Gasteiger partial charge is 0.178 e. The molecule has 81 valence electrons. The Kier molecular flexibility index (Phi) is 2.72. The molecule has 0 fully saturated rings. The zero-order chi connectivity index (χ0) is 11.5. The van der Waals surface area contributed by atoms with E-state index in [1.165, 1.54) is 30.3 Å². The van der Waals surface area contributed by atoms with Gasteiger partial charge < -0.3 is 4.74 Å². The molecule has 2 aromatic rings. The molecule has 4 heteroatoms. The average molecular weight is 221 g/mol. The van der Waals surface area contributed by atoms with Crippen LogP contribution in [0.1, 0.15) is 0 Å². The van der Waals surface area contributed by atoms with E-state index in [9.17, 15) is 13.9 Å². The zero-order valence-corrected chi connectivity index (χ0v) is 8.11. The van der Waals surface area contributed by atoms with Gasteiger partial charge in [-0.3, -0.25) is 5.11 Å². The standard InChI is InChI=1S/C12H7F2O2/c13-11-6-5-10(7-12(11)14)16-9-3-1-8(15)2-4-9/h1-7H. The largest absolute Gasteiger partial charge is 0.457 e. The molecule has 0 aliphatic rings. The molecular formula is C12H7F2O2. The number of ether oxygens (including phenoxy) is 1. The third kappa shape index (κ3) is 2.28. The maximum atomic E-state index is 12.8. The van der Waals surface area contributed by atoms with Crippen LogP contribution in [0.15, 0.2) is 42.5 Å². The predicted octanol–water partition coefficient (Wildman–Crippen LogP) is 3.90. The molecule has 0 amide bonds. The Morgan fingerprint density at radius 1 is 0.812 bits per heavy atom. The molecule has 0 saturated carbocycles. The average Bonchev–Trinajstić information content (AvgIpc) is 2.27. The molecule has 0 spiro atoms. The molecule has 1 radical (unpaired) electrons. The van der Waals surface area contributed by atoms with Gasteiger partial charge in [0.1, 0.15) is 11.5 Å². The van der Waals surface area contributed by atoms with Crippen molar-refractivity contribution in [3.8, 4) is 17.2 Å². The molecule has 0 unspecified atom stereocenters. The summed E-state index contributed by atoms with van der Waals surface area (Å²) in [6.07, 6.45) is 0. The van der Waals surface area contributed by atoms with Gasteiger partial charge in [0.2, 0.25) is 0 Å². The van der Waals surface area contributed by atoms with Crippen LogP contribution in [0.25, 0.3) is 0 Å². The molecule has 0 heterocycles. The lowest BCUT2D eigenvalue weighted by Crippen LogP contribution is -1.87. The Morgan fingerprint density at radius 2 is 1.44 bits per heavy atom. The topological polar surface area (TPSA) is 29.1 Å². The van der Waals surface area contributed by atoms with Gasteiger partial charge in [-0.1, -0.05) is 0 Å². The summed E-state index contributed by atoms with van der Waals surface area (Å²) >= 11 is 0. The van der Waals surface area contributed by atoms with Crippen LogP contribution in [0.4, 0.5) is 8.78 Å². The van der Waals surface area contributed by atoms with Gasteiger partial charge in [0, 0.05) is 6.07 Å². The zero-order valence-electron chi connectivity index (χ0n) is 8.11. The molecule has 2 rings (SSSR count). The van der Waals surface area contributed by atoms with Gasteiger partial charge in [0.05, 0.1) is 0 Å². The number of hydrogen-bond donors (Lipinski definition) is 0. The second-order valence-corrected chi connectivity index (χ2v) is 3.15. The van der Waals surface area contributed by atoms with E-state index in [0.29, 0.717) is 5.75 Å². The minimum atomic E-state index is -0.974. The summed E-state index contributed by atoms with van der Waals surface area (Å²) in [7, 11) is 0. The highest BCUT2D eigenvalue weighted by Crippen LogP contribution is 2.24. The van der Waals surface area contributed by atoms with E-state index in [1.54, 1.807) is 0 Å².